The summed E-state index contributed by atoms with van der Waals surface area (Å²) in [5.74, 6) is -1.90. The number of hydrogen-bond donors (Lipinski definition) is 2. The summed E-state index contributed by atoms with van der Waals surface area (Å²) >= 11 is 0. The topological polar surface area (TPSA) is 108 Å². The summed E-state index contributed by atoms with van der Waals surface area (Å²) in [5.41, 5.74) is -0.301. The van der Waals surface area contributed by atoms with Crippen LogP contribution in [-0.2, 0) is 35.3 Å². The zero-order chi connectivity index (χ0) is 26.5. The first-order valence-electron chi connectivity index (χ1n) is 13.0. The molecule has 198 valence electrons. The zero-order valence-corrected chi connectivity index (χ0v) is 21.6. The lowest BCUT2D eigenvalue weighted by Crippen LogP contribution is -2.58. The number of carbonyl (C=O) groups is 3. The third-order valence-electron chi connectivity index (χ3n) is 8.95. The summed E-state index contributed by atoms with van der Waals surface area (Å²) in [6.07, 6.45) is 3.77. The van der Waals surface area contributed by atoms with Crippen molar-refractivity contribution in [3.8, 4) is 0 Å². The van der Waals surface area contributed by atoms with E-state index in [1.807, 2.05) is 31.6 Å². The van der Waals surface area contributed by atoms with Crippen LogP contribution in [0.1, 0.15) is 73.1 Å². The van der Waals surface area contributed by atoms with Gasteiger partial charge < -0.3 is 10.0 Å². The second-order valence-electron chi connectivity index (χ2n) is 10.6. The van der Waals surface area contributed by atoms with Gasteiger partial charge in [0.1, 0.15) is 17.5 Å². The summed E-state index contributed by atoms with van der Waals surface area (Å²) in [7, 11) is 1.90. The maximum absolute atomic E-state index is 16.2. The molecule has 0 aliphatic carbocycles. The molecule has 9 nitrogen and oxygen atoms in total. The van der Waals surface area contributed by atoms with E-state index >= 15 is 4.39 Å². The number of rotatable bonds is 6. The number of imide groups is 1. The van der Waals surface area contributed by atoms with Crippen molar-refractivity contribution in [3.05, 3.63) is 52.6 Å². The van der Waals surface area contributed by atoms with Gasteiger partial charge in [-0.25, -0.2) is 4.39 Å². The van der Waals surface area contributed by atoms with Crippen LogP contribution in [0.3, 0.4) is 0 Å². The van der Waals surface area contributed by atoms with Crippen LogP contribution in [0, 0.1) is 11.2 Å². The Hall–Kier alpha value is -3.11. The Balaban J connectivity index is 1.45. The minimum atomic E-state index is -1.41. The van der Waals surface area contributed by atoms with Crippen LogP contribution in [-0.4, -0.2) is 61.5 Å². The van der Waals surface area contributed by atoms with Gasteiger partial charge in [0.15, 0.2) is 0 Å². The number of amides is 3. The summed E-state index contributed by atoms with van der Waals surface area (Å²) in [5, 5.41) is 18.8. The fraction of sp³-hybridized carbons (Fsp3) is 0.556. The lowest BCUT2D eigenvalue weighted by molar-refractivity contribution is -0.150. The number of nitrogens with one attached hydrogen (secondary N) is 1. The molecule has 0 bridgehead atoms. The van der Waals surface area contributed by atoms with E-state index in [-0.39, 0.29) is 42.0 Å². The smallest absolute Gasteiger partial charge is 0.255 e. The van der Waals surface area contributed by atoms with Crippen LogP contribution in [0.15, 0.2) is 24.4 Å². The van der Waals surface area contributed by atoms with Crippen molar-refractivity contribution in [1.29, 1.82) is 0 Å². The molecule has 3 aliphatic rings. The van der Waals surface area contributed by atoms with Crippen molar-refractivity contribution in [2.45, 2.75) is 70.7 Å². The standard InChI is InChI=1S/C27H34FN5O4/c1-4-26(5-2)16-32(14-17-10-12-29-31(17)3)13-11-27(26,37)20-7-6-18-19(23(20)28)15-33(25(18)36)21-8-9-22(34)30-24(21)35/h6-7,10,12,21,37H,4-5,8-9,11,13-16H2,1-3H3,(H,30,34,35)/t21?,27-/m0/s1. The maximum Gasteiger partial charge on any atom is 0.255 e. The van der Waals surface area contributed by atoms with E-state index in [9.17, 15) is 19.5 Å². The molecule has 1 aromatic heterocycles. The van der Waals surface area contributed by atoms with Gasteiger partial charge in [-0.15, -0.1) is 0 Å². The van der Waals surface area contributed by atoms with Crippen molar-refractivity contribution >= 4 is 17.7 Å². The molecule has 2 aromatic rings. The van der Waals surface area contributed by atoms with E-state index in [0.717, 1.165) is 5.69 Å². The molecule has 10 heteroatoms. The predicted octanol–water partition coefficient (Wildman–Crippen LogP) is 2.22. The normalized spacial score (nSPS) is 25.9. The van der Waals surface area contributed by atoms with E-state index in [0.29, 0.717) is 38.9 Å². The number of fused-ring (bicyclic) bond motifs is 1. The number of aliphatic hydroxyl groups is 1. The SMILES string of the molecule is CCC1(CC)CN(Cc2ccnn2C)CC[C@]1(O)c1ccc2c(c1F)CN(C1CCC(=O)NC1=O)C2=O. The molecule has 0 saturated carbocycles. The van der Waals surface area contributed by atoms with E-state index in [4.69, 9.17) is 0 Å². The molecule has 37 heavy (non-hydrogen) atoms. The highest BCUT2D eigenvalue weighted by molar-refractivity contribution is 6.05. The molecular formula is C27H34FN5O4. The van der Waals surface area contributed by atoms with Gasteiger partial charge in [0, 0.05) is 61.4 Å². The third kappa shape index (κ3) is 3.97. The highest BCUT2D eigenvalue weighted by Crippen LogP contribution is 2.52. The minimum Gasteiger partial charge on any atom is -0.384 e. The summed E-state index contributed by atoms with van der Waals surface area (Å²) < 4.78 is 18.1. The lowest BCUT2D eigenvalue weighted by atomic mass is 9.61. The number of halogens is 1. The Morgan fingerprint density at radius 3 is 2.59 bits per heavy atom. The van der Waals surface area contributed by atoms with Crippen LogP contribution >= 0.6 is 0 Å². The second-order valence-corrected chi connectivity index (χ2v) is 10.6. The Morgan fingerprint density at radius 1 is 1.19 bits per heavy atom. The van der Waals surface area contributed by atoms with Gasteiger partial charge in [-0.2, -0.15) is 5.10 Å². The Morgan fingerprint density at radius 2 is 1.95 bits per heavy atom. The second kappa shape index (κ2) is 9.33. The molecule has 4 heterocycles. The van der Waals surface area contributed by atoms with Crippen LogP contribution in [0.2, 0.25) is 0 Å². The van der Waals surface area contributed by atoms with Crippen molar-refractivity contribution in [2.24, 2.45) is 12.5 Å². The number of nitrogens with zero attached hydrogens (tertiary/aromatic N) is 4. The first-order chi connectivity index (χ1) is 17.6. The number of aromatic nitrogens is 2. The van der Waals surface area contributed by atoms with Gasteiger partial charge in [0.05, 0.1) is 12.2 Å². The number of aryl methyl sites for hydroxylation is 1. The molecule has 2 atom stereocenters. The molecule has 2 fully saturated rings. The minimum absolute atomic E-state index is 0.0614. The van der Waals surface area contributed by atoms with E-state index in [1.54, 1.807) is 18.3 Å². The summed E-state index contributed by atoms with van der Waals surface area (Å²) in [6, 6.07) is 4.30. The van der Waals surface area contributed by atoms with Crippen molar-refractivity contribution in [3.63, 3.8) is 0 Å². The van der Waals surface area contributed by atoms with Crippen molar-refractivity contribution in [1.82, 2.24) is 24.9 Å². The highest BCUT2D eigenvalue weighted by Gasteiger charge is 2.54. The highest BCUT2D eigenvalue weighted by atomic mass is 19.1. The first kappa shape index (κ1) is 25.5. The van der Waals surface area contributed by atoms with Crippen LogP contribution < -0.4 is 5.32 Å². The van der Waals surface area contributed by atoms with Gasteiger partial charge in [-0.05, 0) is 37.8 Å². The molecule has 1 unspecified atom stereocenters. The summed E-state index contributed by atoms with van der Waals surface area (Å²) in [6.45, 7) is 5.87. The number of benzene rings is 1. The van der Waals surface area contributed by atoms with E-state index in [2.05, 4.69) is 15.3 Å². The number of likely N-dealkylation sites (tertiary alicyclic amines) is 1. The van der Waals surface area contributed by atoms with Crippen molar-refractivity contribution in [2.75, 3.05) is 13.1 Å². The maximum atomic E-state index is 16.2. The molecule has 3 aliphatic heterocycles. The molecule has 3 amide bonds. The van der Waals surface area contributed by atoms with Gasteiger partial charge in [0.2, 0.25) is 11.8 Å². The monoisotopic (exact) mass is 511 g/mol. The zero-order valence-electron chi connectivity index (χ0n) is 21.6. The molecule has 0 radical (unpaired) electrons. The van der Waals surface area contributed by atoms with Gasteiger partial charge in [-0.1, -0.05) is 19.9 Å². The van der Waals surface area contributed by atoms with Crippen LogP contribution in [0.25, 0.3) is 0 Å². The number of hydrogen-bond acceptors (Lipinski definition) is 6. The van der Waals surface area contributed by atoms with E-state index in [1.165, 1.54) is 4.90 Å². The lowest BCUT2D eigenvalue weighted by Gasteiger charge is -2.54. The molecule has 2 saturated heterocycles. The molecular weight excluding hydrogens is 477 g/mol. The first-order valence-corrected chi connectivity index (χ1v) is 13.0. The third-order valence-corrected chi connectivity index (χ3v) is 8.95. The largest absolute Gasteiger partial charge is 0.384 e. The van der Waals surface area contributed by atoms with Crippen LogP contribution in [0.5, 0.6) is 0 Å². The molecule has 0 spiro atoms. The molecule has 2 N–H and O–H groups in total. The van der Waals surface area contributed by atoms with E-state index < -0.39 is 34.7 Å². The fourth-order valence-corrected chi connectivity index (χ4v) is 6.55. The van der Waals surface area contributed by atoms with Gasteiger partial charge >= 0.3 is 0 Å². The molecule has 1 aromatic carbocycles. The fourth-order valence-electron chi connectivity index (χ4n) is 6.55. The Kier molecular flexibility index (Phi) is 6.44. The van der Waals surface area contributed by atoms with Gasteiger partial charge in [0.25, 0.3) is 5.91 Å². The molecule has 5 rings (SSSR count). The average molecular weight is 512 g/mol. The number of carbonyl (C=O) groups excluding carboxylic acids is 3. The Bertz CT molecular complexity index is 1260. The average Bonchev–Trinajstić information content (AvgIpc) is 3.43. The number of piperidine rings is 2. The summed E-state index contributed by atoms with van der Waals surface area (Å²) in [4.78, 5) is 40.7. The quantitative estimate of drug-likeness (QED) is 0.576. The van der Waals surface area contributed by atoms with Crippen molar-refractivity contribution < 1.29 is 23.9 Å². The Labute approximate surface area is 215 Å². The van der Waals surface area contributed by atoms with Crippen LogP contribution in [0.4, 0.5) is 4.39 Å². The predicted molar refractivity (Wildman–Crippen MR) is 132 cm³/mol. The van der Waals surface area contributed by atoms with Gasteiger partial charge in [-0.3, -0.25) is 29.3 Å².